The summed E-state index contributed by atoms with van der Waals surface area (Å²) in [6, 6.07) is 28.5. The second-order valence-corrected chi connectivity index (χ2v) is 8.14. The van der Waals surface area contributed by atoms with Crippen molar-refractivity contribution in [2.45, 2.75) is 13.8 Å². The topological polar surface area (TPSA) is 58.6 Å². The Hall–Kier alpha value is -4.38. The number of rotatable bonds is 6. The van der Waals surface area contributed by atoms with Gasteiger partial charge in [-0.3, -0.25) is 9.59 Å². The van der Waals surface area contributed by atoms with Crippen molar-refractivity contribution in [1.82, 2.24) is 0 Å². The van der Waals surface area contributed by atoms with E-state index >= 15 is 0 Å². The molecule has 0 spiro atoms. The van der Waals surface area contributed by atoms with Gasteiger partial charge in [-0.2, -0.15) is 0 Å². The Labute approximate surface area is 198 Å². The maximum atomic E-state index is 13.7. The minimum Gasteiger partial charge on any atom is -0.494 e. The largest absolute Gasteiger partial charge is 0.494 e. The van der Waals surface area contributed by atoms with Crippen LogP contribution in [0.1, 0.15) is 18.1 Å². The average Bonchev–Trinajstić information content (AvgIpc) is 3.09. The first kappa shape index (κ1) is 21.5. The molecule has 0 radical (unpaired) electrons. The third-order valence-corrected chi connectivity index (χ3v) is 5.85. The molecule has 2 amide bonds. The van der Waals surface area contributed by atoms with Crippen molar-refractivity contribution in [2.75, 3.05) is 16.8 Å². The molecule has 168 valence electrons. The Morgan fingerprint density at radius 3 is 2.32 bits per heavy atom. The molecule has 4 aromatic carbocycles. The number of nitrogens with zero attached hydrogens (tertiary/aromatic N) is 1. The zero-order chi connectivity index (χ0) is 23.7. The van der Waals surface area contributed by atoms with Crippen LogP contribution >= 0.6 is 0 Å². The van der Waals surface area contributed by atoms with Gasteiger partial charge in [0.2, 0.25) is 0 Å². The fourth-order valence-corrected chi connectivity index (χ4v) is 4.27. The van der Waals surface area contributed by atoms with Crippen molar-refractivity contribution in [3.8, 4) is 5.75 Å². The van der Waals surface area contributed by atoms with Gasteiger partial charge in [0.05, 0.1) is 17.9 Å². The quantitative estimate of drug-likeness (QED) is 0.371. The standard InChI is InChI=1S/C29H24N2O3/c1-3-34-23-16-14-21(15-17-23)26-27(30-25-13-7-10-20-9-4-5-12-24(20)25)29(33)31(28(26)32)22-11-6-8-19(2)18-22/h4-18,30H,3H2,1-2H3. The van der Waals surface area contributed by atoms with Gasteiger partial charge in [0.25, 0.3) is 11.8 Å². The number of hydrogen-bond donors (Lipinski definition) is 1. The molecule has 0 atom stereocenters. The lowest BCUT2D eigenvalue weighted by Crippen LogP contribution is -2.32. The molecule has 0 unspecified atom stereocenters. The number of nitrogens with one attached hydrogen (secondary N) is 1. The SMILES string of the molecule is CCOc1ccc(C2=C(Nc3cccc4ccccc34)C(=O)N(c3cccc(C)c3)C2=O)cc1. The Kier molecular flexibility index (Phi) is 5.60. The molecule has 5 nitrogen and oxygen atoms in total. The number of imide groups is 1. The number of benzene rings is 4. The van der Waals surface area contributed by atoms with Crippen LogP contribution in [0.15, 0.2) is 96.7 Å². The number of anilines is 2. The second kappa shape index (κ2) is 8.87. The Morgan fingerprint density at radius 2 is 1.56 bits per heavy atom. The zero-order valence-corrected chi connectivity index (χ0v) is 19.0. The summed E-state index contributed by atoms with van der Waals surface area (Å²) < 4.78 is 5.55. The van der Waals surface area contributed by atoms with E-state index in [1.54, 1.807) is 6.07 Å². The van der Waals surface area contributed by atoms with Gasteiger partial charge < -0.3 is 10.1 Å². The first-order valence-electron chi connectivity index (χ1n) is 11.2. The molecule has 0 bridgehead atoms. The van der Waals surface area contributed by atoms with Gasteiger partial charge in [-0.25, -0.2) is 4.90 Å². The molecule has 5 rings (SSSR count). The van der Waals surface area contributed by atoms with E-state index in [4.69, 9.17) is 4.74 Å². The van der Waals surface area contributed by atoms with Crippen molar-refractivity contribution in [3.05, 3.63) is 108 Å². The highest BCUT2D eigenvalue weighted by Gasteiger charge is 2.40. The summed E-state index contributed by atoms with van der Waals surface area (Å²) in [6.07, 6.45) is 0. The van der Waals surface area contributed by atoms with E-state index in [2.05, 4.69) is 5.32 Å². The van der Waals surface area contributed by atoms with E-state index < -0.39 is 0 Å². The lowest BCUT2D eigenvalue weighted by molar-refractivity contribution is -0.120. The van der Waals surface area contributed by atoms with E-state index in [9.17, 15) is 9.59 Å². The van der Waals surface area contributed by atoms with Gasteiger partial charge in [0.1, 0.15) is 11.4 Å². The third-order valence-electron chi connectivity index (χ3n) is 5.85. The van der Waals surface area contributed by atoms with Crippen molar-refractivity contribution in [3.63, 3.8) is 0 Å². The minimum atomic E-state index is -0.382. The lowest BCUT2D eigenvalue weighted by Gasteiger charge is -2.16. The molecular weight excluding hydrogens is 424 g/mol. The Bertz CT molecular complexity index is 1430. The molecule has 0 aliphatic carbocycles. The molecular formula is C29H24N2O3. The number of amides is 2. The molecule has 1 heterocycles. The predicted molar refractivity (Wildman–Crippen MR) is 136 cm³/mol. The molecule has 0 fully saturated rings. The second-order valence-electron chi connectivity index (χ2n) is 8.14. The smallest absolute Gasteiger partial charge is 0.282 e. The number of aryl methyl sites for hydroxylation is 1. The van der Waals surface area contributed by atoms with Crippen LogP contribution < -0.4 is 15.0 Å². The fourth-order valence-electron chi connectivity index (χ4n) is 4.27. The van der Waals surface area contributed by atoms with E-state index in [-0.39, 0.29) is 17.5 Å². The highest BCUT2D eigenvalue weighted by molar-refractivity contribution is 6.46. The molecule has 1 aliphatic heterocycles. The summed E-state index contributed by atoms with van der Waals surface area (Å²) in [6.45, 7) is 4.40. The molecule has 5 heteroatoms. The van der Waals surface area contributed by atoms with Gasteiger partial charge in [-0.15, -0.1) is 0 Å². The summed E-state index contributed by atoms with van der Waals surface area (Å²) in [5, 5.41) is 5.32. The van der Waals surface area contributed by atoms with Crippen molar-refractivity contribution in [1.29, 1.82) is 0 Å². The summed E-state index contributed by atoms with van der Waals surface area (Å²) in [4.78, 5) is 28.6. The third kappa shape index (κ3) is 3.82. The number of fused-ring (bicyclic) bond motifs is 1. The Balaban J connectivity index is 1.64. The fraction of sp³-hybridized carbons (Fsp3) is 0.103. The van der Waals surface area contributed by atoms with Crippen LogP contribution in [0.3, 0.4) is 0 Å². The lowest BCUT2D eigenvalue weighted by atomic mass is 10.0. The maximum Gasteiger partial charge on any atom is 0.282 e. The normalized spacial score (nSPS) is 13.6. The van der Waals surface area contributed by atoms with Crippen LogP contribution in [0.25, 0.3) is 16.3 Å². The molecule has 0 aromatic heterocycles. The minimum absolute atomic E-state index is 0.256. The first-order valence-corrected chi connectivity index (χ1v) is 11.2. The van der Waals surface area contributed by atoms with Crippen molar-refractivity contribution < 1.29 is 14.3 Å². The number of ether oxygens (including phenoxy) is 1. The molecule has 1 N–H and O–H groups in total. The Morgan fingerprint density at radius 1 is 0.824 bits per heavy atom. The molecule has 1 aliphatic rings. The zero-order valence-electron chi connectivity index (χ0n) is 19.0. The number of carbonyl (C=O) groups is 2. The predicted octanol–water partition coefficient (Wildman–Crippen LogP) is 5.94. The number of hydrogen-bond acceptors (Lipinski definition) is 4. The number of carbonyl (C=O) groups excluding carboxylic acids is 2. The highest BCUT2D eigenvalue weighted by atomic mass is 16.5. The molecule has 34 heavy (non-hydrogen) atoms. The molecule has 0 saturated heterocycles. The van der Waals surface area contributed by atoms with Gasteiger partial charge in [0.15, 0.2) is 0 Å². The van der Waals surface area contributed by atoms with E-state index in [0.717, 1.165) is 22.0 Å². The van der Waals surface area contributed by atoms with Gasteiger partial charge in [0, 0.05) is 11.1 Å². The first-order chi connectivity index (χ1) is 16.6. The van der Waals surface area contributed by atoms with Crippen molar-refractivity contribution in [2.24, 2.45) is 0 Å². The highest BCUT2D eigenvalue weighted by Crippen LogP contribution is 2.36. The summed E-state index contributed by atoms with van der Waals surface area (Å²) in [5.41, 5.74) is 3.53. The average molecular weight is 449 g/mol. The van der Waals surface area contributed by atoms with Gasteiger partial charge in [-0.05, 0) is 60.7 Å². The van der Waals surface area contributed by atoms with Crippen LogP contribution in [0.2, 0.25) is 0 Å². The van der Waals surface area contributed by atoms with Gasteiger partial charge >= 0.3 is 0 Å². The summed E-state index contributed by atoms with van der Waals surface area (Å²) in [7, 11) is 0. The van der Waals surface area contributed by atoms with Crippen LogP contribution in [0.5, 0.6) is 5.75 Å². The van der Waals surface area contributed by atoms with E-state index in [1.165, 1.54) is 4.90 Å². The van der Waals surface area contributed by atoms with E-state index in [1.807, 2.05) is 98.8 Å². The van der Waals surface area contributed by atoms with Crippen LogP contribution in [-0.2, 0) is 9.59 Å². The van der Waals surface area contributed by atoms with Crippen molar-refractivity contribution >= 4 is 39.5 Å². The van der Waals surface area contributed by atoms with Crippen LogP contribution in [-0.4, -0.2) is 18.4 Å². The van der Waals surface area contributed by atoms with Crippen LogP contribution in [0.4, 0.5) is 11.4 Å². The van der Waals surface area contributed by atoms with Crippen LogP contribution in [0, 0.1) is 6.92 Å². The molecule has 4 aromatic rings. The monoisotopic (exact) mass is 448 g/mol. The summed E-state index contributed by atoms with van der Waals surface area (Å²) >= 11 is 0. The van der Waals surface area contributed by atoms with Gasteiger partial charge in [-0.1, -0.05) is 60.7 Å². The molecule has 0 saturated carbocycles. The maximum absolute atomic E-state index is 13.7. The summed E-state index contributed by atoms with van der Waals surface area (Å²) in [5.74, 6) is -0.0300. The van der Waals surface area contributed by atoms with E-state index in [0.29, 0.717) is 29.2 Å².